The molecule has 0 aliphatic heterocycles. The Kier molecular flexibility index (Phi) is 6.21. The van der Waals surface area contributed by atoms with Crippen LogP contribution in [0, 0.1) is 0 Å². The molecule has 3 aromatic carbocycles. The fourth-order valence-corrected chi connectivity index (χ4v) is 3.56. The molecule has 6 heteroatoms. The third-order valence-electron chi connectivity index (χ3n) is 5.33. The topological polar surface area (TPSA) is 34.9 Å². The zero-order chi connectivity index (χ0) is 22.6. The van der Waals surface area contributed by atoms with Gasteiger partial charge in [0, 0.05) is 16.8 Å². The van der Waals surface area contributed by atoms with Gasteiger partial charge in [0.25, 0.3) is 0 Å². The molecule has 1 heterocycles. The molecule has 0 aliphatic carbocycles. The second-order valence-corrected chi connectivity index (χ2v) is 7.60. The number of benzene rings is 3. The summed E-state index contributed by atoms with van der Waals surface area (Å²) >= 11 is 0. The molecule has 0 radical (unpaired) electrons. The number of rotatable bonds is 7. The second kappa shape index (κ2) is 9.22. The second-order valence-electron chi connectivity index (χ2n) is 7.60. The summed E-state index contributed by atoms with van der Waals surface area (Å²) in [6, 6.07) is 24.4. The lowest BCUT2D eigenvalue weighted by molar-refractivity contribution is -0.137. The summed E-state index contributed by atoms with van der Waals surface area (Å²) < 4.78 is 40.6. The average Bonchev–Trinajstić information content (AvgIpc) is 3.21. The van der Waals surface area contributed by atoms with Crippen LogP contribution < -0.4 is 0 Å². The minimum Gasteiger partial charge on any atom is -0.298 e. The van der Waals surface area contributed by atoms with E-state index in [1.165, 1.54) is 17.7 Å². The van der Waals surface area contributed by atoms with Crippen molar-refractivity contribution in [1.82, 2.24) is 9.78 Å². The molecule has 0 aliphatic rings. The van der Waals surface area contributed by atoms with Crippen molar-refractivity contribution in [2.24, 2.45) is 0 Å². The van der Waals surface area contributed by atoms with Gasteiger partial charge in [0.1, 0.15) is 6.29 Å². The smallest absolute Gasteiger partial charge is 0.298 e. The molecule has 0 bridgehead atoms. The van der Waals surface area contributed by atoms with E-state index in [0.29, 0.717) is 23.4 Å². The maximum absolute atomic E-state index is 12.9. The van der Waals surface area contributed by atoms with Crippen LogP contribution in [0.3, 0.4) is 0 Å². The minimum atomic E-state index is -4.37. The lowest BCUT2D eigenvalue weighted by Gasteiger charge is -2.08. The maximum Gasteiger partial charge on any atom is 0.416 e. The van der Waals surface area contributed by atoms with Crippen LogP contribution in [0.5, 0.6) is 0 Å². The summed E-state index contributed by atoms with van der Waals surface area (Å²) in [5, 5.41) is 4.69. The third kappa shape index (κ3) is 5.14. The molecule has 162 valence electrons. The normalized spacial score (nSPS) is 11.5. The summed E-state index contributed by atoms with van der Waals surface area (Å²) in [7, 11) is 0. The molecule has 0 saturated carbocycles. The van der Waals surface area contributed by atoms with Crippen molar-refractivity contribution in [3.63, 3.8) is 0 Å². The van der Waals surface area contributed by atoms with Crippen LogP contribution in [0.1, 0.15) is 32.7 Å². The van der Waals surface area contributed by atoms with Gasteiger partial charge in [0.15, 0.2) is 0 Å². The van der Waals surface area contributed by atoms with Crippen LogP contribution in [0.4, 0.5) is 13.2 Å². The van der Waals surface area contributed by atoms with E-state index in [0.717, 1.165) is 42.5 Å². The van der Waals surface area contributed by atoms with E-state index in [9.17, 15) is 18.0 Å². The van der Waals surface area contributed by atoms with Gasteiger partial charge < -0.3 is 0 Å². The predicted octanol–water partition coefficient (Wildman–Crippen LogP) is 6.21. The van der Waals surface area contributed by atoms with E-state index >= 15 is 0 Å². The van der Waals surface area contributed by atoms with Gasteiger partial charge in [-0.05, 0) is 42.2 Å². The van der Waals surface area contributed by atoms with Crippen molar-refractivity contribution in [2.75, 3.05) is 0 Å². The Morgan fingerprint density at radius 2 is 1.50 bits per heavy atom. The lowest BCUT2D eigenvalue weighted by atomic mass is 10.1. The third-order valence-corrected chi connectivity index (χ3v) is 5.33. The number of aldehydes is 1. The molecule has 32 heavy (non-hydrogen) atoms. The van der Waals surface area contributed by atoms with E-state index in [1.807, 2.05) is 41.1 Å². The monoisotopic (exact) mass is 434 g/mol. The Balaban J connectivity index is 1.62. The molecule has 0 spiro atoms. The SMILES string of the molecule is O=Cc1ccc(Cn2nc(-c3ccc(C(F)(F)F)cc3)cc2CCc2ccccc2)cc1. The average molecular weight is 434 g/mol. The van der Waals surface area contributed by atoms with E-state index in [2.05, 4.69) is 17.2 Å². The highest BCUT2D eigenvalue weighted by Crippen LogP contribution is 2.31. The van der Waals surface area contributed by atoms with Crippen molar-refractivity contribution in [3.05, 3.63) is 113 Å². The molecule has 4 rings (SSSR count). The number of carbonyl (C=O) groups excluding carboxylic acids is 1. The predicted molar refractivity (Wildman–Crippen MR) is 117 cm³/mol. The molecular weight excluding hydrogens is 413 g/mol. The van der Waals surface area contributed by atoms with E-state index < -0.39 is 11.7 Å². The van der Waals surface area contributed by atoms with Crippen molar-refractivity contribution < 1.29 is 18.0 Å². The van der Waals surface area contributed by atoms with Crippen LogP contribution in [0.25, 0.3) is 11.3 Å². The Bertz CT molecular complexity index is 1180. The highest BCUT2D eigenvalue weighted by atomic mass is 19.4. The van der Waals surface area contributed by atoms with Gasteiger partial charge in [0.2, 0.25) is 0 Å². The number of carbonyl (C=O) groups is 1. The molecule has 0 saturated heterocycles. The summed E-state index contributed by atoms with van der Waals surface area (Å²) in [6.45, 7) is 0.504. The standard InChI is InChI=1S/C26H21F3N2O/c27-26(28,29)23-13-11-22(12-14-23)25-16-24(15-10-19-4-2-1-3-5-19)31(30-25)17-20-6-8-21(18-32)9-7-20/h1-9,11-14,16,18H,10,15,17H2. The molecule has 1 aromatic heterocycles. The molecule has 0 N–H and O–H groups in total. The van der Waals surface area contributed by atoms with E-state index in [4.69, 9.17) is 0 Å². The number of nitrogens with zero attached hydrogens (tertiary/aromatic N) is 2. The van der Waals surface area contributed by atoms with Gasteiger partial charge in [-0.3, -0.25) is 9.48 Å². The van der Waals surface area contributed by atoms with Gasteiger partial charge in [-0.2, -0.15) is 18.3 Å². The molecular formula is C26H21F3N2O. The van der Waals surface area contributed by atoms with Gasteiger partial charge in [0.05, 0.1) is 17.8 Å². The summed E-state index contributed by atoms with van der Waals surface area (Å²) in [6.07, 6.45) is -2.01. The fourth-order valence-electron chi connectivity index (χ4n) is 3.56. The highest BCUT2D eigenvalue weighted by molar-refractivity contribution is 5.74. The van der Waals surface area contributed by atoms with Gasteiger partial charge in [-0.15, -0.1) is 0 Å². The first-order chi connectivity index (χ1) is 15.4. The number of hydrogen-bond acceptors (Lipinski definition) is 2. The van der Waals surface area contributed by atoms with Gasteiger partial charge in [-0.25, -0.2) is 0 Å². The largest absolute Gasteiger partial charge is 0.416 e. The summed E-state index contributed by atoms with van der Waals surface area (Å²) in [4.78, 5) is 10.9. The summed E-state index contributed by atoms with van der Waals surface area (Å²) in [5.74, 6) is 0. The first-order valence-corrected chi connectivity index (χ1v) is 10.2. The molecule has 0 unspecified atom stereocenters. The molecule has 0 fully saturated rings. The van der Waals surface area contributed by atoms with Crippen LogP contribution in [-0.2, 0) is 25.6 Å². The Labute approximate surface area is 184 Å². The van der Waals surface area contributed by atoms with Gasteiger partial charge in [-0.1, -0.05) is 66.7 Å². The molecule has 0 amide bonds. The van der Waals surface area contributed by atoms with Crippen molar-refractivity contribution in [2.45, 2.75) is 25.6 Å². The molecule has 0 atom stereocenters. The minimum absolute atomic E-state index is 0.504. The fraction of sp³-hybridized carbons (Fsp3) is 0.154. The number of aromatic nitrogens is 2. The van der Waals surface area contributed by atoms with Crippen LogP contribution in [0.2, 0.25) is 0 Å². The summed E-state index contributed by atoms with van der Waals surface area (Å²) in [5.41, 5.74) is 4.36. The van der Waals surface area contributed by atoms with E-state index in [1.54, 1.807) is 12.1 Å². The molecule has 3 nitrogen and oxygen atoms in total. The van der Waals surface area contributed by atoms with Crippen LogP contribution >= 0.6 is 0 Å². The Hall–Kier alpha value is -3.67. The van der Waals surface area contributed by atoms with E-state index in [-0.39, 0.29) is 0 Å². The Morgan fingerprint density at radius 1 is 0.812 bits per heavy atom. The number of halogens is 3. The zero-order valence-corrected chi connectivity index (χ0v) is 17.2. The highest BCUT2D eigenvalue weighted by Gasteiger charge is 2.30. The number of alkyl halides is 3. The first-order valence-electron chi connectivity index (χ1n) is 10.2. The number of aryl methyl sites for hydroxylation is 2. The van der Waals surface area contributed by atoms with Crippen molar-refractivity contribution in [3.8, 4) is 11.3 Å². The zero-order valence-electron chi connectivity index (χ0n) is 17.2. The first kappa shape index (κ1) is 21.6. The maximum atomic E-state index is 12.9. The molecule has 4 aromatic rings. The quantitative estimate of drug-likeness (QED) is 0.324. The van der Waals surface area contributed by atoms with Crippen molar-refractivity contribution in [1.29, 1.82) is 0 Å². The van der Waals surface area contributed by atoms with Crippen LogP contribution in [0.15, 0.2) is 84.9 Å². The van der Waals surface area contributed by atoms with Gasteiger partial charge >= 0.3 is 6.18 Å². The van der Waals surface area contributed by atoms with Crippen LogP contribution in [-0.4, -0.2) is 16.1 Å². The number of hydrogen-bond donors (Lipinski definition) is 0. The lowest BCUT2D eigenvalue weighted by Crippen LogP contribution is -2.07. The Morgan fingerprint density at radius 3 is 2.12 bits per heavy atom. The van der Waals surface area contributed by atoms with Crippen molar-refractivity contribution >= 4 is 6.29 Å².